The highest BCUT2D eigenvalue weighted by atomic mass is 28.4. The van der Waals surface area contributed by atoms with Crippen LogP contribution in [0.15, 0.2) is 30.3 Å². The number of aliphatic hydroxyl groups excluding tert-OH is 1. The van der Waals surface area contributed by atoms with Crippen LogP contribution in [0.2, 0.25) is 18.1 Å². The van der Waals surface area contributed by atoms with Gasteiger partial charge in [-0.2, -0.15) is 0 Å². The zero-order valence-electron chi connectivity index (χ0n) is 15.3. The van der Waals surface area contributed by atoms with Crippen molar-refractivity contribution in [2.75, 3.05) is 13.2 Å². The third-order valence-electron chi connectivity index (χ3n) is 5.02. The molecule has 6 heteroatoms. The summed E-state index contributed by atoms with van der Waals surface area (Å²) in [4.78, 5) is 14.0. The van der Waals surface area contributed by atoms with Gasteiger partial charge in [0, 0.05) is 0 Å². The van der Waals surface area contributed by atoms with Crippen molar-refractivity contribution in [3.05, 3.63) is 30.3 Å². The highest BCUT2D eigenvalue weighted by Crippen LogP contribution is 2.37. The van der Waals surface area contributed by atoms with Crippen molar-refractivity contribution in [3.63, 3.8) is 0 Å². The van der Waals surface area contributed by atoms with E-state index in [1.165, 1.54) is 0 Å². The van der Waals surface area contributed by atoms with Gasteiger partial charge in [-0.1, -0.05) is 39.0 Å². The van der Waals surface area contributed by atoms with Crippen molar-refractivity contribution >= 4 is 14.4 Å². The summed E-state index contributed by atoms with van der Waals surface area (Å²) in [6.45, 7) is 11.7. The fourth-order valence-electron chi connectivity index (χ4n) is 2.44. The van der Waals surface area contributed by atoms with Crippen LogP contribution in [0, 0.1) is 0 Å². The molecule has 0 saturated carbocycles. The van der Waals surface area contributed by atoms with Gasteiger partial charge >= 0.3 is 6.09 Å². The molecule has 1 N–H and O–H groups in total. The van der Waals surface area contributed by atoms with E-state index in [0.29, 0.717) is 18.8 Å². The second-order valence-electron chi connectivity index (χ2n) is 7.95. The van der Waals surface area contributed by atoms with Crippen molar-refractivity contribution < 1.29 is 19.1 Å². The normalized spacial score (nSPS) is 21.8. The van der Waals surface area contributed by atoms with Gasteiger partial charge in [-0.25, -0.2) is 4.79 Å². The molecule has 134 valence electrons. The number of β-amino-alcohol motifs (C(OH)–C–C–N with tert-alkyl or cyclic N) is 1. The summed E-state index contributed by atoms with van der Waals surface area (Å²) < 4.78 is 11.6. The molecule has 1 saturated heterocycles. The lowest BCUT2D eigenvalue weighted by Gasteiger charge is -2.37. The zero-order valence-corrected chi connectivity index (χ0v) is 16.3. The molecule has 1 aromatic rings. The minimum atomic E-state index is -1.89. The molecule has 1 aromatic carbocycles. The number of ether oxygens (including phenoxy) is 1. The third kappa shape index (κ3) is 4.59. The number of carbonyl (C=O) groups is 1. The van der Waals surface area contributed by atoms with E-state index in [1.807, 2.05) is 18.2 Å². The summed E-state index contributed by atoms with van der Waals surface area (Å²) in [5.74, 6) is 0.507. The van der Waals surface area contributed by atoms with Crippen LogP contribution < -0.4 is 4.74 Å². The van der Waals surface area contributed by atoms with E-state index < -0.39 is 20.5 Å². The number of rotatable bonds is 4. The highest BCUT2D eigenvalue weighted by molar-refractivity contribution is 6.74. The molecule has 5 nitrogen and oxygen atoms in total. The first-order valence-electron chi connectivity index (χ1n) is 8.46. The van der Waals surface area contributed by atoms with Crippen LogP contribution in [0.3, 0.4) is 0 Å². The molecule has 0 aliphatic carbocycles. The molecular weight excluding hydrogens is 322 g/mol. The lowest BCUT2D eigenvalue weighted by molar-refractivity contribution is 0.123. The number of para-hydroxylation sites is 1. The van der Waals surface area contributed by atoms with Gasteiger partial charge in [0.1, 0.15) is 5.75 Å². The first kappa shape index (κ1) is 19.0. The van der Waals surface area contributed by atoms with Crippen molar-refractivity contribution in [2.45, 2.75) is 57.5 Å². The second-order valence-corrected chi connectivity index (χ2v) is 12.8. The Labute approximate surface area is 145 Å². The molecule has 1 fully saturated rings. The summed E-state index contributed by atoms with van der Waals surface area (Å²) in [7, 11) is -1.89. The largest absolute Gasteiger partial charge is 0.415 e. The summed E-state index contributed by atoms with van der Waals surface area (Å²) in [6.07, 6.45) is -0.429. The van der Waals surface area contributed by atoms with Crippen LogP contribution in [-0.2, 0) is 4.43 Å². The number of nitrogens with zero attached hydrogens (tertiary/aromatic N) is 1. The Morgan fingerprint density at radius 1 is 1.29 bits per heavy atom. The van der Waals surface area contributed by atoms with E-state index >= 15 is 0 Å². The molecular formula is C18H29NO4Si. The van der Waals surface area contributed by atoms with Gasteiger partial charge in [0.25, 0.3) is 0 Å². The maximum absolute atomic E-state index is 12.4. The molecule has 1 heterocycles. The van der Waals surface area contributed by atoms with Gasteiger partial charge in [0.05, 0.1) is 25.3 Å². The Balaban J connectivity index is 1.99. The molecule has 0 spiro atoms. The Kier molecular flexibility index (Phi) is 5.73. The monoisotopic (exact) mass is 351 g/mol. The van der Waals surface area contributed by atoms with Crippen molar-refractivity contribution in [1.82, 2.24) is 4.90 Å². The molecule has 2 unspecified atom stereocenters. The number of hydrogen-bond donors (Lipinski definition) is 1. The highest BCUT2D eigenvalue weighted by Gasteiger charge is 2.41. The van der Waals surface area contributed by atoms with Crippen LogP contribution in [-0.4, -0.2) is 49.7 Å². The zero-order chi connectivity index (χ0) is 18.0. The number of benzene rings is 1. The van der Waals surface area contributed by atoms with Gasteiger partial charge in [-0.15, -0.1) is 0 Å². The Hall–Kier alpha value is -1.37. The maximum atomic E-state index is 12.4. The Bertz CT molecular complexity index is 556. The number of amides is 1. The molecule has 24 heavy (non-hydrogen) atoms. The lowest BCUT2D eigenvalue weighted by atomic mass is 10.2. The fraction of sp³-hybridized carbons (Fsp3) is 0.611. The molecule has 1 aliphatic heterocycles. The van der Waals surface area contributed by atoms with Crippen LogP contribution >= 0.6 is 0 Å². The average molecular weight is 352 g/mol. The number of carbonyl (C=O) groups excluding carboxylic acids is 1. The van der Waals surface area contributed by atoms with Crippen LogP contribution in [0.1, 0.15) is 27.2 Å². The van der Waals surface area contributed by atoms with E-state index in [4.69, 9.17) is 9.16 Å². The standard InChI is InChI=1S/C18H29NO4Si/c1-18(2,3)24(4,5)22-13-14-11-15(20)12-19(14)17(21)23-16-9-7-6-8-10-16/h6-10,14-15,20H,11-13H2,1-5H3. The second kappa shape index (κ2) is 7.25. The van der Waals surface area contributed by atoms with Gasteiger partial charge < -0.3 is 14.3 Å². The van der Waals surface area contributed by atoms with Gasteiger partial charge in [-0.05, 0) is 36.7 Å². The number of likely N-dealkylation sites (tertiary alicyclic amines) is 1. The Morgan fingerprint density at radius 3 is 2.50 bits per heavy atom. The molecule has 0 radical (unpaired) electrons. The van der Waals surface area contributed by atoms with Crippen molar-refractivity contribution in [3.8, 4) is 5.75 Å². The minimum Gasteiger partial charge on any atom is -0.415 e. The molecule has 1 aliphatic rings. The summed E-state index contributed by atoms with van der Waals surface area (Å²) in [5, 5.41) is 10.1. The predicted molar refractivity (Wildman–Crippen MR) is 96.7 cm³/mol. The quantitative estimate of drug-likeness (QED) is 0.841. The maximum Gasteiger partial charge on any atom is 0.415 e. The minimum absolute atomic E-state index is 0.111. The van der Waals surface area contributed by atoms with Crippen LogP contribution in [0.5, 0.6) is 5.75 Å². The van der Waals surface area contributed by atoms with E-state index in [9.17, 15) is 9.90 Å². The molecule has 2 rings (SSSR count). The fourth-order valence-corrected chi connectivity index (χ4v) is 3.48. The van der Waals surface area contributed by atoms with Gasteiger partial charge in [0.2, 0.25) is 0 Å². The van der Waals surface area contributed by atoms with Crippen LogP contribution in [0.4, 0.5) is 4.79 Å². The number of hydrogen-bond acceptors (Lipinski definition) is 4. The Morgan fingerprint density at radius 2 is 1.92 bits per heavy atom. The van der Waals surface area contributed by atoms with Gasteiger partial charge in [0.15, 0.2) is 8.32 Å². The summed E-state index contributed by atoms with van der Waals surface area (Å²) >= 11 is 0. The number of aliphatic hydroxyl groups is 1. The third-order valence-corrected chi connectivity index (χ3v) is 9.52. The van der Waals surface area contributed by atoms with E-state index in [1.54, 1.807) is 17.0 Å². The molecule has 2 atom stereocenters. The van der Waals surface area contributed by atoms with Gasteiger partial charge in [-0.3, -0.25) is 4.90 Å². The van der Waals surface area contributed by atoms with E-state index in [-0.39, 0.29) is 17.6 Å². The van der Waals surface area contributed by atoms with E-state index in [2.05, 4.69) is 33.9 Å². The van der Waals surface area contributed by atoms with Crippen molar-refractivity contribution in [2.24, 2.45) is 0 Å². The first-order chi connectivity index (χ1) is 11.1. The summed E-state index contributed by atoms with van der Waals surface area (Å²) in [6, 6.07) is 8.84. The topological polar surface area (TPSA) is 59.0 Å². The molecule has 0 bridgehead atoms. The van der Waals surface area contributed by atoms with Crippen LogP contribution in [0.25, 0.3) is 0 Å². The molecule has 0 aromatic heterocycles. The summed E-state index contributed by atoms with van der Waals surface area (Å²) in [5.41, 5.74) is 0. The predicted octanol–water partition coefficient (Wildman–Crippen LogP) is 3.64. The average Bonchev–Trinajstić information content (AvgIpc) is 2.86. The van der Waals surface area contributed by atoms with Crippen molar-refractivity contribution in [1.29, 1.82) is 0 Å². The lowest BCUT2D eigenvalue weighted by Crippen LogP contribution is -2.46. The molecule has 1 amide bonds. The van der Waals surface area contributed by atoms with E-state index in [0.717, 1.165) is 0 Å². The smallest absolute Gasteiger partial charge is 0.415 e. The SMILES string of the molecule is CC(C)(C)[Si](C)(C)OCC1CC(O)CN1C(=O)Oc1ccccc1. The first-order valence-corrected chi connectivity index (χ1v) is 11.4.